The van der Waals surface area contributed by atoms with E-state index in [4.69, 9.17) is 5.84 Å². The van der Waals surface area contributed by atoms with Crippen LogP contribution in [-0.4, -0.2) is 12.3 Å². The zero-order valence-corrected chi connectivity index (χ0v) is 8.56. The van der Waals surface area contributed by atoms with Gasteiger partial charge < -0.3 is 4.74 Å². The van der Waals surface area contributed by atoms with Crippen LogP contribution in [0.15, 0.2) is 24.3 Å². The summed E-state index contributed by atoms with van der Waals surface area (Å²) in [7, 11) is 0. The van der Waals surface area contributed by atoms with Crippen LogP contribution in [0.3, 0.4) is 0 Å². The molecule has 16 heavy (non-hydrogen) atoms. The predicted octanol–water partition coefficient (Wildman–Crippen LogP) is 1.61. The number of nitrogens with one attached hydrogen (secondary N) is 1. The number of hydrazine groups is 1. The lowest BCUT2D eigenvalue weighted by molar-refractivity contribution is -0.274. The maximum atomic E-state index is 11.9. The summed E-state index contributed by atoms with van der Waals surface area (Å²) in [5, 5.41) is 0. The fourth-order valence-corrected chi connectivity index (χ4v) is 0.946. The Bertz CT molecular complexity index is 371. The lowest BCUT2D eigenvalue weighted by Crippen LogP contribution is -2.31. The van der Waals surface area contributed by atoms with E-state index in [1.165, 1.54) is 18.2 Å². The number of para-hydroxylation sites is 1. The third-order valence-corrected chi connectivity index (χ3v) is 1.49. The van der Waals surface area contributed by atoms with E-state index in [0.29, 0.717) is 0 Å². The van der Waals surface area contributed by atoms with Crippen LogP contribution in [0.25, 0.3) is 0 Å². The van der Waals surface area contributed by atoms with E-state index in [9.17, 15) is 18.0 Å². The van der Waals surface area contributed by atoms with Crippen LogP contribution in [0.4, 0.5) is 13.2 Å². The largest absolute Gasteiger partial charge is 0.573 e. The molecule has 3 N–H and O–H groups in total. The molecule has 1 amide bonds. The van der Waals surface area contributed by atoms with Crippen LogP contribution in [0.2, 0.25) is 0 Å². The molecule has 1 aromatic rings. The van der Waals surface area contributed by atoms with Gasteiger partial charge in [-0.1, -0.05) is 12.1 Å². The minimum Gasteiger partial charge on any atom is -0.405 e. The maximum Gasteiger partial charge on any atom is 0.573 e. The van der Waals surface area contributed by atoms with Crippen LogP contribution in [-0.2, 0) is 0 Å². The Kier molecular flexibility index (Phi) is 5.06. The third kappa shape index (κ3) is 3.95. The first-order chi connectivity index (χ1) is 6.94. The van der Waals surface area contributed by atoms with Gasteiger partial charge in [-0.25, -0.2) is 5.84 Å². The Balaban J connectivity index is 0.00000225. The standard InChI is InChI=1S/C8H7F3N2O2.ClH/c9-8(10,11)15-6-4-2-1-3-5(6)7(14)13-12;/h1-4H,12H2,(H,13,14);1H. The van der Waals surface area contributed by atoms with E-state index in [0.717, 1.165) is 6.07 Å². The SMILES string of the molecule is Cl.NNC(=O)c1ccccc1OC(F)(F)F. The molecular formula is C8H8ClF3N2O2. The van der Waals surface area contributed by atoms with Gasteiger partial charge in [0.15, 0.2) is 0 Å². The molecule has 0 aliphatic rings. The van der Waals surface area contributed by atoms with Crippen molar-refractivity contribution in [2.24, 2.45) is 5.84 Å². The molecule has 90 valence electrons. The third-order valence-electron chi connectivity index (χ3n) is 1.49. The highest BCUT2D eigenvalue weighted by Gasteiger charge is 2.32. The number of carbonyl (C=O) groups is 1. The van der Waals surface area contributed by atoms with Crippen molar-refractivity contribution in [1.82, 2.24) is 5.43 Å². The molecule has 0 bridgehead atoms. The zero-order valence-electron chi connectivity index (χ0n) is 7.75. The number of benzene rings is 1. The number of halogens is 4. The van der Waals surface area contributed by atoms with E-state index in [-0.39, 0.29) is 18.0 Å². The van der Waals surface area contributed by atoms with Gasteiger partial charge in [0.05, 0.1) is 5.56 Å². The average Bonchev–Trinajstić information content (AvgIpc) is 2.15. The highest BCUT2D eigenvalue weighted by atomic mass is 35.5. The Morgan fingerprint density at radius 1 is 1.31 bits per heavy atom. The lowest BCUT2D eigenvalue weighted by Gasteiger charge is -2.11. The summed E-state index contributed by atoms with van der Waals surface area (Å²) in [4.78, 5) is 11.0. The van der Waals surface area contributed by atoms with Crippen LogP contribution in [0, 0.1) is 0 Å². The molecule has 0 aliphatic carbocycles. The van der Waals surface area contributed by atoms with Gasteiger partial charge in [0.25, 0.3) is 5.91 Å². The van der Waals surface area contributed by atoms with E-state index in [1.807, 2.05) is 0 Å². The Hall–Kier alpha value is -1.47. The van der Waals surface area contributed by atoms with Crippen molar-refractivity contribution in [2.45, 2.75) is 6.36 Å². The Morgan fingerprint density at radius 3 is 2.38 bits per heavy atom. The molecule has 1 rings (SSSR count). The highest BCUT2D eigenvalue weighted by molar-refractivity contribution is 5.96. The summed E-state index contributed by atoms with van der Waals surface area (Å²) >= 11 is 0. The molecule has 0 radical (unpaired) electrons. The number of hydrogen-bond donors (Lipinski definition) is 2. The molecule has 0 fully saturated rings. The van der Waals surface area contributed by atoms with Crippen LogP contribution in [0.1, 0.15) is 10.4 Å². The summed E-state index contributed by atoms with van der Waals surface area (Å²) in [5.41, 5.74) is 1.44. The molecule has 0 aromatic heterocycles. The molecule has 4 nitrogen and oxygen atoms in total. The molecule has 0 atom stereocenters. The number of carbonyl (C=O) groups excluding carboxylic acids is 1. The summed E-state index contributed by atoms with van der Waals surface area (Å²) in [6.07, 6.45) is -4.84. The fourth-order valence-electron chi connectivity index (χ4n) is 0.946. The number of hydrogen-bond acceptors (Lipinski definition) is 3. The summed E-state index contributed by atoms with van der Waals surface area (Å²) in [5.74, 6) is 3.36. The van der Waals surface area contributed by atoms with Crippen molar-refractivity contribution < 1.29 is 22.7 Å². The molecule has 0 aliphatic heterocycles. The van der Waals surface area contributed by atoms with E-state index >= 15 is 0 Å². The normalized spacial score (nSPS) is 10.2. The van der Waals surface area contributed by atoms with Gasteiger partial charge in [0.1, 0.15) is 5.75 Å². The van der Waals surface area contributed by atoms with Crippen LogP contribution in [0.5, 0.6) is 5.75 Å². The van der Waals surface area contributed by atoms with Crippen molar-refractivity contribution in [1.29, 1.82) is 0 Å². The average molecular weight is 257 g/mol. The molecule has 8 heteroatoms. The topological polar surface area (TPSA) is 64.3 Å². The van der Waals surface area contributed by atoms with Gasteiger partial charge in [-0.15, -0.1) is 25.6 Å². The second kappa shape index (κ2) is 5.57. The first-order valence-electron chi connectivity index (χ1n) is 3.80. The van der Waals surface area contributed by atoms with E-state index < -0.39 is 18.0 Å². The van der Waals surface area contributed by atoms with Crippen molar-refractivity contribution in [3.8, 4) is 5.75 Å². The minimum absolute atomic E-state index is 0. The summed E-state index contributed by atoms with van der Waals surface area (Å²) in [6, 6.07) is 4.91. The lowest BCUT2D eigenvalue weighted by atomic mass is 10.2. The molecule has 0 unspecified atom stereocenters. The van der Waals surface area contributed by atoms with Gasteiger partial charge in [0.2, 0.25) is 0 Å². The molecule has 1 aromatic carbocycles. The predicted molar refractivity (Wildman–Crippen MR) is 52.0 cm³/mol. The first kappa shape index (κ1) is 14.5. The maximum absolute atomic E-state index is 11.9. The molecule has 0 saturated carbocycles. The van der Waals surface area contributed by atoms with Gasteiger partial charge in [0, 0.05) is 0 Å². The number of amides is 1. The number of alkyl halides is 3. The Morgan fingerprint density at radius 2 is 1.88 bits per heavy atom. The second-order valence-corrected chi connectivity index (χ2v) is 2.52. The number of rotatable bonds is 2. The quantitative estimate of drug-likeness (QED) is 0.480. The van der Waals surface area contributed by atoms with Crippen molar-refractivity contribution in [2.75, 3.05) is 0 Å². The zero-order chi connectivity index (χ0) is 11.5. The molecule has 0 heterocycles. The second-order valence-electron chi connectivity index (χ2n) is 2.52. The Labute approximate surface area is 94.9 Å². The smallest absolute Gasteiger partial charge is 0.405 e. The fraction of sp³-hybridized carbons (Fsp3) is 0.125. The summed E-state index contributed by atoms with van der Waals surface area (Å²) < 4.78 is 39.3. The number of nitrogens with two attached hydrogens (primary N) is 1. The summed E-state index contributed by atoms with van der Waals surface area (Å²) in [6.45, 7) is 0. The van der Waals surface area contributed by atoms with Gasteiger partial charge >= 0.3 is 6.36 Å². The minimum atomic E-state index is -4.84. The van der Waals surface area contributed by atoms with Crippen LogP contribution >= 0.6 is 12.4 Å². The van der Waals surface area contributed by atoms with Gasteiger partial charge in [-0.3, -0.25) is 10.2 Å². The van der Waals surface area contributed by atoms with Gasteiger partial charge in [-0.2, -0.15) is 0 Å². The molecular weight excluding hydrogens is 249 g/mol. The van der Waals surface area contributed by atoms with Crippen molar-refractivity contribution in [3.63, 3.8) is 0 Å². The highest BCUT2D eigenvalue weighted by Crippen LogP contribution is 2.25. The molecule has 0 spiro atoms. The van der Waals surface area contributed by atoms with Gasteiger partial charge in [-0.05, 0) is 12.1 Å². The molecule has 0 saturated heterocycles. The van der Waals surface area contributed by atoms with Crippen molar-refractivity contribution in [3.05, 3.63) is 29.8 Å². The monoisotopic (exact) mass is 256 g/mol. The van der Waals surface area contributed by atoms with E-state index in [1.54, 1.807) is 5.43 Å². The van der Waals surface area contributed by atoms with Crippen molar-refractivity contribution >= 4 is 18.3 Å². The first-order valence-corrected chi connectivity index (χ1v) is 3.80. The van der Waals surface area contributed by atoms with Crippen LogP contribution < -0.4 is 16.0 Å². The number of nitrogen functional groups attached to an aromatic ring is 1. The van der Waals surface area contributed by atoms with E-state index in [2.05, 4.69) is 4.74 Å². The number of ether oxygens (including phenoxy) is 1.